The topological polar surface area (TPSA) is 98.5 Å². The summed E-state index contributed by atoms with van der Waals surface area (Å²) in [5.41, 5.74) is 1.11. The molecule has 24 heavy (non-hydrogen) atoms. The maximum absolute atomic E-state index is 8.74. The highest BCUT2D eigenvalue weighted by molar-refractivity contribution is 6.33. The Morgan fingerprint density at radius 1 is 1.17 bits per heavy atom. The average molecular weight is 344 g/mol. The van der Waals surface area contributed by atoms with Crippen LogP contribution in [0.4, 0.5) is 17.3 Å². The largest absolute Gasteiger partial charge is 0.383 e. The molecular weight excluding hydrogens is 326 g/mol. The van der Waals surface area contributed by atoms with E-state index in [2.05, 4.69) is 30.9 Å². The lowest BCUT2D eigenvalue weighted by molar-refractivity contribution is 0.390. The third kappa shape index (κ3) is 4.31. The number of halogens is 1. The molecule has 0 saturated carbocycles. The molecule has 0 unspecified atom stereocenters. The molecule has 1 fully saturated rings. The van der Waals surface area contributed by atoms with E-state index in [0.717, 1.165) is 25.3 Å². The molecular formula is C16H18ClN7. The highest BCUT2D eigenvalue weighted by Crippen LogP contribution is 2.25. The molecule has 0 amide bonds. The zero-order valence-electron chi connectivity index (χ0n) is 13.1. The summed E-state index contributed by atoms with van der Waals surface area (Å²) < 4.78 is 0. The van der Waals surface area contributed by atoms with Crippen molar-refractivity contribution in [2.45, 2.75) is 12.8 Å². The Labute approximate surface area is 145 Å². The van der Waals surface area contributed by atoms with Crippen LogP contribution in [0.15, 0.2) is 24.7 Å². The van der Waals surface area contributed by atoms with Crippen LogP contribution in [0.1, 0.15) is 18.5 Å². The van der Waals surface area contributed by atoms with E-state index in [-0.39, 0.29) is 5.69 Å². The summed E-state index contributed by atoms with van der Waals surface area (Å²) in [4.78, 5) is 12.3. The Kier molecular flexibility index (Phi) is 5.41. The Balaban J connectivity index is 1.65. The van der Waals surface area contributed by atoms with Crippen molar-refractivity contribution in [1.29, 1.82) is 5.26 Å². The fraction of sp³-hybridized carbons (Fsp3) is 0.375. The van der Waals surface area contributed by atoms with Crippen molar-refractivity contribution in [3.05, 3.63) is 35.4 Å². The van der Waals surface area contributed by atoms with Gasteiger partial charge in [0.1, 0.15) is 17.7 Å². The van der Waals surface area contributed by atoms with Crippen LogP contribution >= 0.6 is 11.6 Å². The number of piperidine rings is 1. The van der Waals surface area contributed by atoms with Crippen molar-refractivity contribution in [1.82, 2.24) is 20.3 Å². The average Bonchev–Trinajstić information content (AvgIpc) is 2.63. The fourth-order valence-electron chi connectivity index (χ4n) is 2.56. The molecule has 0 atom stereocenters. The molecule has 0 spiro atoms. The van der Waals surface area contributed by atoms with Crippen molar-refractivity contribution < 1.29 is 0 Å². The van der Waals surface area contributed by atoms with E-state index in [1.807, 2.05) is 12.1 Å². The van der Waals surface area contributed by atoms with Gasteiger partial charge in [0.25, 0.3) is 0 Å². The van der Waals surface area contributed by atoms with Crippen molar-refractivity contribution in [2.75, 3.05) is 30.3 Å². The van der Waals surface area contributed by atoms with Gasteiger partial charge in [0.2, 0.25) is 0 Å². The number of nitrogens with zero attached hydrogens (tertiary/aromatic N) is 4. The third-order valence-corrected chi connectivity index (χ3v) is 4.22. The molecule has 0 aliphatic carbocycles. The summed E-state index contributed by atoms with van der Waals surface area (Å²) in [5, 5.41) is 19.2. The monoisotopic (exact) mass is 343 g/mol. The molecule has 7 nitrogen and oxygen atoms in total. The van der Waals surface area contributed by atoms with E-state index in [0.29, 0.717) is 22.6 Å². The summed E-state index contributed by atoms with van der Waals surface area (Å²) in [6.07, 6.45) is 6.85. The van der Waals surface area contributed by atoms with Crippen molar-refractivity contribution in [3.63, 3.8) is 0 Å². The zero-order chi connectivity index (χ0) is 16.8. The van der Waals surface area contributed by atoms with Crippen molar-refractivity contribution in [3.8, 4) is 6.07 Å². The number of hydrogen-bond acceptors (Lipinski definition) is 7. The van der Waals surface area contributed by atoms with Crippen LogP contribution in [0.2, 0.25) is 5.02 Å². The van der Waals surface area contributed by atoms with Gasteiger partial charge in [-0.15, -0.1) is 0 Å². The lowest BCUT2D eigenvalue weighted by Crippen LogP contribution is -2.31. The van der Waals surface area contributed by atoms with Gasteiger partial charge < -0.3 is 16.0 Å². The SMILES string of the molecule is N#Cc1cnc(Nc2cc(NCC3CCNCC3)c(Cl)cn2)cn1. The van der Waals surface area contributed by atoms with Crippen LogP contribution in [-0.4, -0.2) is 34.6 Å². The lowest BCUT2D eigenvalue weighted by Gasteiger charge is -2.23. The smallest absolute Gasteiger partial charge is 0.158 e. The number of nitriles is 1. The molecule has 0 aromatic carbocycles. The molecule has 124 valence electrons. The van der Waals surface area contributed by atoms with Gasteiger partial charge in [-0.05, 0) is 31.8 Å². The van der Waals surface area contributed by atoms with Gasteiger partial charge in [0.05, 0.1) is 29.3 Å². The lowest BCUT2D eigenvalue weighted by atomic mass is 9.98. The summed E-state index contributed by atoms with van der Waals surface area (Å²) in [7, 11) is 0. The molecule has 8 heteroatoms. The van der Waals surface area contributed by atoms with E-state index in [9.17, 15) is 0 Å². The standard InChI is InChI=1S/C16H18ClN7/c17-13-9-23-15(24-16-10-20-12(6-18)8-22-16)5-14(13)21-7-11-1-3-19-4-2-11/h5,8-11,19H,1-4,7H2,(H2,21,22,23,24). The molecule has 1 aliphatic heterocycles. The molecule has 1 saturated heterocycles. The van der Waals surface area contributed by atoms with E-state index in [1.54, 1.807) is 6.20 Å². The molecule has 2 aromatic heterocycles. The maximum Gasteiger partial charge on any atom is 0.158 e. The van der Waals surface area contributed by atoms with Crippen LogP contribution in [-0.2, 0) is 0 Å². The predicted molar refractivity (Wildman–Crippen MR) is 93.4 cm³/mol. The Morgan fingerprint density at radius 2 is 1.96 bits per heavy atom. The molecule has 3 rings (SSSR count). The summed E-state index contributed by atoms with van der Waals surface area (Å²) in [5.74, 6) is 1.79. The van der Waals surface area contributed by atoms with Crippen LogP contribution < -0.4 is 16.0 Å². The van der Waals surface area contributed by atoms with Gasteiger partial charge >= 0.3 is 0 Å². The number of pyridine rings is 1. The van der Waals surface area contributed by atoms with E-state index < -0.39 is 0 Å². The quantitative estimate of drug-likeness (QED) is 0.767. The number of rotatable bonds is 5. The number of nitrogens with one attached hydrogen (secondary N) is 3. The second kappa shape index (κ2) is 7.90. The van der Waals surface area contributed by atoms with Crippen molar-refractivity contribution in [2.24, 2.45) is 5.92 Å². The minimum absolute atomic E-state index is 0.272. The second-order valence-corrected chi connectivity index (χ2v) is 6.05. The molecule has 3 heterocycles. The minimum atomic E-state index is 0.272. The van der Waals surface area contributed by atoms with Crippen LogP contribution in [0.3, 0.4) is 0 Å². The molecule has 3 N–H and O–H groups in total. The van der Waals surface area contributed by atoms with E-state index in [1.165, 1.54) is 25.2 Å². The number of anilines is 3. The fourth-order valence-corrected chi connectivity index (χ4v) is 2.73. The highest BCUT2D eigenvalue weighted by Gasteiger charge is 2.13. The molecule has 0 bridgehead atoms. The first kappa shape index (κ1) is 16.4. The first-order chi connectivity index (χ1) is 11.7. The van der Waals surface area contributed by atoms with Gasteiger partial charge in [-0.2, -0.15) is 5.26 Å². The minimum Gasteiger partial charge on any atom is -0.383 e. The van der Waals surface area contributed by atoms with Crippen LogP contribution in [0.5, 0.6) is 0 Å². The van der Waals surface area contributed by atoms with Gasteiger partial charge in [0, 0.05) is 12.6 Å². The second-order valence-electron chi connectivity index (χ2n) is 5.65. The Bertz CT molecular complexity index is 720. The Morgan fingerprint density at radius 3 is 2.67 bits per heavy atom. The van der Waals surface area contributed by atoms with Crippen LogP contribution in [0, 0.1) is 17.2 Å². The highest BCUT2D eigenvalue weighted by atomic mass is 35.5. The van der Waals surface area contributed by atoms with Gasteiger partial charge in [-0.25, -0.2) is 15.0 Å². The molecule has 0 radical (unpaired) electrons. The van der Waals surface area contributed by atoms with E-state index >= 15 is 0 Å². The maximum atomic E-state index is 8.74. The number of hydrogen-bond donors (Lipinski definition) is 3. The summed E-state index contributed by atoms with van der Waals surface area (Å²) in [6, 6.07) is 3.78. The predicted octanol–water partition coefficient (Wildman–Crippen LogP) is 2.55. The molecule has 2 aromatic rings. The van der Waals surface area contributed by atoms with Crippen molar-refractivity contribution >= 4 is 28.9 Å². The van der Waals surface area contributed by atoms with Crippen LogP contribution in [0.25, 0.3) is 0 Å². The van der Waals surface area contributed by atoms with E-state index in [4.69, 9.17) is 16.9 Å². The van der Waals surface area contributed by atoms with Gasteiger partial charge in [0.15, 0.2) is 5.69 Å². The summed E-state index contributed by atoms with van der Waals surface area (Å²) >= 11 is 6.23. The zero-order valence-corrected chi connectivity index (χ0v) is 13.8. The normalized spacial score (nSPS) is 14.8. The Hall–Kier alpha value is -2.43. The van der Waals surface area contributed by atoms with Gasteiger partial charge in [-0.3, -0.25) is 0 Å². The third-order valence-electron chi connectivity index (χ3n) is 3.92. The first-order valence-corrected chi connectivity index (χ1v) is 8.21. The summed E-state index contributed by atoms with van der Waals surface area (Å²) in [6.45, 7) is 3.03. The number of aromatic nitrogens is 3. The first-order valence-electron chi connectivity index (χ1n) is 7.84. The van der Waals surface area contributed by atoms with Gasteiger partial charge in [-0.1, -0.05) is 11.6 Å². The molecule has 1 aliphatic rings.